The van der Waals surface area contributed by atoms with Crippen LogP contribution >= 0.6 is 11.3 Å². The molecule has 0 unspecified atom stereocenters. The summed E-state index contributed by atoms with van der Waals surface area (Å²) in [5.41, 5.74) is 5.23. The van der Waals surface area contributed by atoms with Gasteiger partial charge in [-0.25, -0.2) is 0 Å². The Morgan fingerprint density at radius 2 is 2.33 bits per heavy atom. The lowest BCUT2D eigenvalue weighted by atomic mass is 10.1. The van der Waals surface area contributed by atoms with E-state index in [4.69, 9.17) is 5.73 Å². The lowest BCUT2D eigenvalue weighted by Crippen LogP contribution is -2.48. The second-order valence-electron chi connectivity index (χ2n) is 4.22. The largest absolute Gasteiger partial charge is 0.350 e. The molecular weight excluding hydrogens is 208 g/mol. The van der Waals surface area contributed by atoms with E-state index in [-0.39, 0.29) is 11.4 Å². The van der Waals surface area contributed by atoms with Crippen LogP contribution in [0, 0.1) is 0 Å². The molecule has 0 saturated heterocycles. The van der Waals surface area contributed by atoms with Gasteiger partial charge in [0.05, 0.1) is 0 Å². The molecule has 0 spiro atoms. The summed E-state index contributed by atoms with van der Waals surface area (Å²) in [5.74, 6) is 0.0684. The molecule has 1 amide bonds. The van der Waals surface area contributed by atoms with Crippen molar-refractivity contribution in [2.24, 2.45) is 5.73 Å². The van der Waals surface area contributed by atoms with Crippen LogP contribution in [0.4, 0.5) is 0 Å². The standard InChI is InChI=1S/C11H18N2OS/c1-11(2,8-12)13-10(14)6-5-9-4-3-7-15-9/h3-4,7H,5-6,8,12H2,1-2H3,(H,13,14). The van der Waals surface area contributed by atoms with E-state index in [1.165, 1.54) is 4.88 Å². The minimum Gasteiger partial charge on any atom is -0.350 e. The molecule has 1 rings (SSSR count). The molecule has 0 aliphatic heterocycles. The van der Waals surface area contributed by atoms with Crippen molar-refractivity contribution in [3.8, 4) is 0 Å². The molecule has 1 aromatic heterocycles. The van der Waals surface area contributed by atoms with Gasteiger partial charge in [-0.05, 0) is 31.7 Å². The molecule has 15 heavy (non-hydrogen) atoms. The van der Waals surface area contributed by atoms with Crippen molar-refractivity contribution < 1.29 is 4.79 Å². The Balaban J connectivity index is 2.31. The van der Waals surface area contributed by atoms with Crippen molar-refractivity contribution in [1.29, 1.82) is 0 Å². The molecule has 3 nitrogen and oxygen atoms in total. The predicted molar refractivity (Wildman–Crippen MR) is 63.9 cm³/mol. The van der Waals surface area contributed by atoms with Gasteiger partial charge >= 0.3 is 0 Å². The first-order chi connectivity index (χ1) is 7.03. The first kappa shape index (κ1) is 12.2. The van der Waals surface area contributed by atoms with E-state index in [1.807, 2.05) is 31.4 Å². The van der Waals surface area contributed by atoms with Gasteiger partial charge in [0, 0.05) is 23.4 Å². The Morgan fingerprint density at radius 3 is 2.87 bits per heavy atom. The maximum absolute atomic E-state index is 11.6. The zero-order chi connectivity index (χ0) is 11.3. The van der Waals surface area contributed by atoms with E-state index >= 15 is 0 Å². The Kier molecular flexibility index (Phi) is 4.29. The zero-order valence-electron chi connectivity index (χ0n) is 9.25. The van der Waals surface area contributed by atoms with Crippen LogP contribution in [-0.4, -0.2) is 18.0 Å². The molecule has 4 heteroatoms. The lowest BCUT2D eigenvalue weighted by molar-refractivity contribution is -0.122. The number of carbonyl (C=O) groups is 1. The van der Waals surface area contributed by atoms with E-state index < -0.39 is 0 Å². The Morgan fingerprint density at radius 1 is 1.60 bits per heavy atom. The highest BCUT2D eigenvalue weighted by Crippen LogP contribution is 2.11. The third-order valence-electron chi connectivity index (χ3n) is 2.17. The van der Waals surface area contributed by atoms with Crippen LogP contribution in [0.5, 0.6) is 0 Å². The van der Waals surface area contributed by atoms with Crippen molar-refractivity contribution >= 4 is 17.2 Å². The number of carbonyl (C=O) groups excluding carboxylic acids is 1. The number of amides is 1. The van der Waals surface area contributed by atoms with Gasteiger partial charge in [0.15, 0.2) is 0 Å². The van der Waals surface area contributed by atoms with E-state index in [0.717, 1.165) is 6.42 Å². The molecule has 1 heterocycles. The van der Waals surface area contributed by atoms with E-state index in [1.54, 1.807) is 11.3 Å². The SMILES string of the molecule is CC(C)(CN)NC(=O)CCc1cccs1. The summed E-state index contributed by atoms with van der Waals surface area (Å²) in [5, 5.41) is 4.93. The molecule has 0 aromatic carbocycles. The van der Waals surface area contributed by atoms with Crippen LogP contribution < -0.4 is 11.1 Å². The van der Waals surface area contributed by atoms with E-state index in [2.05, 4.69) is 5.32 Å². The first-order valence-electron chi connectivity index (χ1n) is 5.07. The Labute approximate surface area is 94.7 Å². The number of aryl methyl sites for hydroxylation is 1. The fourth-order valence-corrected chi connectivity index (χ4v) is 1.89. The van der Waals surface area contributed by atoms with E-state index in [0.29, 0.717) is 13.0 Å². The van der Waals surface area contributed by atoms with Gasteiger partial charge in [0.2, 0.25) is 5.91 Å². The molecule has 0 aliphatic rings. The first-order valence-corrected chi connectivity index (χ1v) is 5.95. The topological polar surface area (TPSA) is 55.1 Å². The highest BCUT2D eigenvalue weighted by Gasteiger charge is 2.17. The van der Waals surface area contributed by atoms with Crippen LogP contribution in [0.1, 0.15) is 25.1 Å². The number of hydrogen-bond acceptors (Lipinski definition) is 3. The average molecular weight is 226 g/mol. The van der Waals surface area contributed by atoms with Crippen molar-refractivity contribution in [3.63, 3.8) is 0 Å². The molecule has 0 bridgehead atoms. The third-order valence-corrected chi connectivity index (χ3v) is 3.10. The summed E-state index contributed by atoms with van der Waals surface area (Å²) in [6, 6.07) is 4.05. The minimum absolute atomic E-state index is 0.0684. The highest BCUT2D eigenvalue weighted by molar-refractivity contribution is 7.09. The Bertz CT molecular complexity index is 306. The lowest BCUT2D eigenvalue weighted by Gasteiger charge is -2.24. The van der Waals surface area contributed by atoms with Crippen LogP contribution in [0.3, 0.4) is 0 Å². The summed E-state index contributed by atoms with van der Waals surface area (Å²) in [6.45, 7) is 4.31. The minimum atomic E-state index is -0.299. The smallest absolute Gasteiger partial charge is 0.220 e. The molecule has 1 aromatic rings. The van der Waals surface area contributed by atoms with Gasteiger partial charge in [-0.15, -0.1) is 11.3 Å². The van der Waals surface area contributed by atoms with Crippen LogP contribution in [0.2, 0.25) is 0 Å². The number of nitrogens with two attached hydrogens (primary N) is 1. The Hall–Kier alpha value is -0.870. The number of rotatable bonds is 5. The summed E-state index contributed by atoms with van der Waals surface area (Å²) in [4.78, 5) is 12.8. The van der Waals surface area contributed by atoms with Gasteiger partial charge in [-0.1, -0.05) is 6.07 Å². The molecule has 0 aliphatic carbocycles. The van der Waals surface area contributed by atoms with E-state index in [9.17, 15) is 4.79 Å². The van der Waals surface area contributed by atoms with Gasteiger partial charge in [0.25, 0.3) is 0 Å². The average Bonchev–Trinajstić information content (AvgIpc) is 2.66. The molecular formula is C11H18N2OS. The van der Waals surface area contributed by atoms with Crippen molar-refractivity contribution in [2.75, 3.05) is 6.54 Å². The summed E-state index contributed by atoms with van der Waals surface area (Å²) < 4.78 is 0. The molecule has 84 valence electrons. The third kappa shape index (κ3) is 4.44. The fraction of sp³-hybridized carbons (Fsp3) is 0.545. The summed E-state index contributed by atoms with van der Waals surface area (Å²) in [6.07, 6.45) is 1.34. The maximum atomic E-state index is 11.6. The van der Waals surface area contributed by atoms with Crippen molar-refractivity contribution in [3.05, 3.63) is 22.4 Å². The van der Waals surface area contributed by atoms with Gasteiger partial charge < -0.3 is 11.1 Å². The quantitative estimate of drug-likeness (QED) is 0.800. The van der Waals surface area contributed by atoms with Crippen LogP contribution in [-0.2, 0) is 11.2 Å². The molecule has 0 fully saturated rings. The monoisotopic (exact) mass is 226 g/mol. The van der Waals surface area contributed by atoms with Gasteiger partial charge in [-0.3, -0.25) is 4.79 Å². The number of nitrogens with one attached hydrogen (secondary N) is 1. The summed E-state index contributed by atoms with van der Waals surface area (Å²) >= 11 is 1.68. The number of thiophene rings is 1. The van der Waals surface area contributed by atoms with Crippen LogP contribution in [0.25, 0.3) is 0 Å². The second kappa shape index (κ2) is 5.28. The normalized spacial score (nSPS) is 11.4. The molecule has 0 atom stereocenters. The molecule has 0 saturated carbocycles. The second-order valence-corrected chi connectivity index (χ2v) is 5.25. The zero-order valence-corrected chi connectivity index (χ0v) is 10.1. The van der Waals surface area contributed by atoms with Gasteiger partial charge in [0.1, 0.15) is 0 Å². The highest BCUT2D eigenvalue weighted by atomic mass is 32.1. The molecule has 0 radical (unpaired) electrons. The van der Waals surface area contributed by atoms with Gasteiger partial charge in [-0.2, -0.15) is 0 Å². The van der Waals surface area contributed by atoms with Crippen molar-refractivity contribution in [1.82, 2.24) is 5.32 Å². The number of hydrogen-bond donors (Lipinski definition) is 2. The van der Waals surface area contributed by atoms with Crippen molar-refractivity contribution in [2.45, 2.75) is 32.2 Å². The van der Waals surface area contributed by atoms with Crippen LogP contribution in [0.15, 0.2) is 17.5 Å². The molecule has 3 N–H and O–H groups in total. The fourth-order valence-electron chi connectivity index (χ4n) is 1.18. The maximum Gasteiger partial charge on any atom is 0.220 e. The predicted octanol–water partition coefficient (Wildman–Crippen LogP) is 1.53. The summed E-state index contributed by atoms with van der Waals surface area (Å²) in [7, 11) is 0.